The zero-order valence-corrected chi connectivity index (χ0v) is 22.3. The maximum absolute atomic E-state index is 3.38. The molecule has 0 aromatic heterocycles. The van der Waals surface area contributed by atoms with Gasteiger partial charge < -0.3 is 0 Å². The normalized spacial score (nSPS) is 12.4. The Kier molecular flexibility index (Phi) is 18.1. The molecule has 0 nitrogen and oxygen atoms in total. The topological polar surface area (TPSA) is 0 Å². The molecule has 0 aromatic carbocycles. The van der Waals surface area contributed by atoms with Gasteiger partial charge in [-0.2, -0.15) is 0 Å². The van der Waals surface area contributed by atoms with E-state index in [1.165, 1.54) is 46.1 Å². The predicted molar refractivity (Wildman–Crippen MR) is 98.6 cm³/mol. The van der Waals surface area contributed by atoms with E-state index in [-0.39, 0.29) is 0 Å². The Morgan fingerprint density at radius 1 is 1.00 bits per heavy atom. The molecule has 0 aliphatic carbocycles. The molecule has 0 aliphatic rings. The third-order valence-corrected chi connectivity index (χ3v) is 17.0. The van der Waals surface area contributed by atoms with Gasteiger partial charge in [0, 0.05) is 0 Å². The van der Waals surface area contributed by atoms with Crippen molar-refractivity contribution in [3.63, 3.8) is 0 Å². The van der Waals surface area contributed by atoms with E-state index in [1.54, 1.807) is 2.21 Å². The summed E-state index contributed by atoms with van der Waals surface area (Å²) in [4.78, 5) is 1.08. The van der Waals surface area contributed by atoms with E-state index in [1.807, 2.05) is 0 Å². The fourth-order valence-corrected chi connectivity index (χ4v) is 15.6. The van der Waals surface area contributed by atoms with Crippen LogP contribution < -0.4 is 0 Å². The van der Waals surface area contributed by atoms with Crippen LogP contribution in [0.25, 0.3) is 0 Å². The number of hydrogen-bond acceptors (Lipinski definition) is 0. The Bertz CT molecular complexity index is 254. The van der Waals surface area contributed by atoms with Crippen molar-refractivity contribution >= 4 is 97.6 Å². The summed E-state index contributed by atoms with van der Waals surface area (Å²) in [5.74, 6) is 4.81. The van der Waals surface area contributed by atoms with Gasteiger partial charge in [-0.25, -0.2) is 0 Å². The van der Waals surface area contributed by atoms with Gasteiger partial charge in [-0.15, -0.1) is 0 Å². The molecule has 0 bridgehead atoms. The second kappa shape index (κ2) is 15.7. The molecular formula is C13H24Se6. The molecule has 19 heavy (non-hydrogen) atoms. The van der Waals surface area contributed by atoms with Gasteiger partial charge in [-0.3, -0.25) is 0 Å². The quantitative estimate of drug-likeness (QED) is 0.211. The summed E-state index contributed by atoms with van der Waals surface area (Å²) in [5.41, 5.74) is 0. The van der Waals surface area contributed by atoms with Crippen LogP contribution in [0.3, 0.4) is 0 Å². The Hall–Kier alpha value is 2.86. The van der Waals surface area contributed by atoms with E-state index in [2.05, 4.69) is 49.7 Å². The van der Waals surface area contributed by atoms with E-state index in [0.717, 1.165) is 64.6 Å². The first-order chi connectivity index (χ1) is 9.10. The van der Waals surface area contributed by atoms with Crippen molar-refractivity contribution in [1.82, 2.24) is 0 Å². The molecule has 0 spiro atoms. The molecule has 0 fully saturated rings. The average molecular weight is 654 g/mol. The van der Waals surface area contributed by atoms with Gasteiger partial charge in [0.15, 0.2) is 0 Å². The van der Waals surface area contributed by atoms with Crippen molar-refractivity contribution in [2.45, 2.75) is 65.0 Å². The number of rotatable bonds is 13. The van der Waals surface area contributed by atoms with E-state index in [4.69, 9.17) is 0 Å². The zero-order valence-electron chi connectivity index (χ0n) is 12.0. The molecule has 1 atom stereocenters. The second-order valence-electron chi connectivity index (χ2n) is 4.24. The molecule has 0 rings (SSSR count). The minimum atomic E-state index is 0.791. The molecule has 0 heterocycles. The monoisotopic (exact) mass is 660 g/mol. The van der Waals surface area contributed by atoms with Crippen LogP contribution in [0.15, 0.2) is 0 Å². The minimum absolute atomic E-state index is 0.791. The summed E-state index contributed by atoms with van der Waals surface area (Å²) in [6, 6.07) is 0. The van der Waals surface area contributed by atoms with Crippen LogP contribution >= 0.6 is 0 Å². The predicted octanol–water partition coefficient (Wildman–Crippen LogP) is 2.12. The molecule has 1 unspecified atom stereocenters. The van der Waals surface area contributed by atoms with Crippen molar-refractivity contribution in [1.29, 1.82) is 0 Å². The van der Waals surface area contributed by atoms with Crippen LogP contribution in [0.1, 0.15) is 32.6 Å². The molecule has 0 amide bonds. The average Bonchev–Trinajstić information content (AvgIpc) is 2.38. The van der Waals surface area contributed by atoms with Gasteiger partial charge in [0.2, 0.25) is 0 Å². The van der Waals surface area contributed by atoms with Crippen LogP contribution in [0, 0.1) is 0 Å². The maximum atomic E-state index is 3.38. The summed E-state index contributed by atoms with van der Waals surface area (Å²) < 4.78 is 3.22. The van der Waals surface area contributed by atoms with Crippen LogP contribution in [-0.4, -0.2) is 97.6 Å². The van der Waals surface area contributed by atoms with Crippen LogP contribution in [0.5, 0.6) is 0 Å². The molecule has 0 saturated carbocycles. The Balaban J connectivity index is 3.46. The first-order valence-electron chi connectivity index (χ1n) is 6.40. The second-order valence-corrected chi connectivity index (χ2v) is 19.3. The van der Waals surface area contributed by atoms with Gasteiger partial charge in [-0.05, 0) is 0 Å². The van der Waals surface area contributed by atoms with Crippen molar-refractivity contribution in [2.24, 2.45) is 0 Å². The SMILES string of the molecule is C[Se]CC(C[Se]C(=[Se])[Se]CCCCCC(C)=[Se])[Se]C. The third-order valence-electron chi connectivity index (χ3n) is 2.47. The summed E-state index contributed by atoms with van der Waals surface area (Å²) in [6.45, 7) is 2.20. The molecule has 0 aliphatic heterocycles. The van der Waals surface area contributed by atoms with Gasteiger partial charge in [0.1, 0.15) is 0 Å². The first kappa shape index (κ1) is 21.9. The first-order valence-corrected chi connectivity index (χ1v) is 17.9. The molecular weight excluding hydrogens is 630 g/mol. The fourth-order valence-electron chi connectivity index (χ4n) is 1.38. The van der Waals surface area contributed by atoms with Gasteiger partial charge in [-0.1, -0.05) is 0 Å². The molecule has 0 N–H and O–H groups in total. The van der Waals surface area contributed by atoms with E-state index in [0.29, 0.717) is 0 Å². The Morgan fingerprint density at radius 3 is 2.32 bits per heavy atom. The molecule has 0 saturated heterocycles. The van der Waals surface area contributed by atoms with Crippen LogP contribution in [-0.2, 0) is 0 Å². The van der Waals surface area contributed by atoms with Gasteiger partial charge in [0.25, 0.3) is 0 Å². The van der Waals surface area contributed by atoms with Gasteiger partial charge >= 0.3 is 163 Å². The zero-order chi connectivity index (χ0) is 14.5. The van der Waals surface area contributed by atoms with E-state index in [9.17, 15) is 0 Å². The van der Waals surface area contributed by atoms with E-state index >= 15 is 0 Å². The van der Waals surface area contributed by atoms with E-state index < -0.39 is 0 Å². The fraction of sp³-hybridized carbons (Fsp3) is 0.846. The van der Waals surface area contributed by atoms with Crippen LogP contribution in [0.4, 0.5) is 0 Å². The summed E-state index contributed by atoms with van der Waals surface area (Å²) in [5, 5.41) is 4.50. The molecule has 0 radical (unpaired) electrons. The van der Waals surface area contributed by atoms with Gasteiger partial charge in [0.05, 0.1) is 0 Å². The number of hydrogen-bond donors (Lipinski definition) is 0. The van der Waals surface area contributed by atoms with Crippen LogP contribution in [0.2, 0.25) is 32.4 Å². The Labute approximate surface area is 160 Å². The summed E-state index contributed by atoms with van der Waals surface area (Å²) >= 11 is 9.84. The number of unbranched alkanes of at least 4 members (excludes halogenated alkanes) is 2. The van der Waals surface area contributed by atoms with Crippen molar-refractivity contribution < 1.29 is 0 Å². The Morgan fingerprint density at radius 2 is 1.74 bits per heavy atom. The molecule has 112 valence electrons. The van der Waals surface area contributed by atoms with Crippen molar-refractivity contribution in [2.75, 3.05) is 0 Å². The standard InChI is InChI=1S/C13H24Se6/c1-11(14)7-5-4-6-8-18-13(15)19-10-12(17-3)9-16-2/h12H,4-10H2,1-3H3. The third kappa shape index (κ3) is 15.5. The van der Waals surface area contributed by atoms with Crippen molar-refractivity contribution in [3.8, 4) is 0 Å². The summed E-state index contributed by atoms with van der Waals surface area (Å²) in [6.07, 6.45) is 5.51. The molecule has 6 heteroatoms. The van der Waals surface area contributed by atoms with Crippen molar-refractivity contribution in [3.05, 3.63) is 0 Å². The summed E-state index contributed by atoms with van der Waals surface area (Å²) in [7, 11) is 0. The molecule has 0 aromatic rings.